The summed E-state index contributed by atoms with van der Waals surface area (Å²) in [4.78, 5) is 36.4. The van der Waals surface area contributed by atoms with Crippen molar-refractivity contribution >= 4 is 34.4 Å². The van der Waals surface area contributed by atoms with Crippen LogP contribution in [-0.2, 0) is 14.3 Å². The van der Waals surface area contributed by atoms with Gasteiger partial charge in [0.15, 0.2) is 5.12 Å². The van der Waals surface area contributed by atoms with Crippen LogP contribution in [0.1, 0.15) is 23.7 Å². The number of nitrogens with zero attached hydrogens (tertiary/aromatic N) is 1. The van der Waals surface area contributed by atoms with Crippen molar-refractivity contribution < 1.29 is 23.5 Å². The van der Waals surface area contributed by atoms with Crippen LogP contribution in [0.5, 0.6) is 0 Å². The van der Waals surface area contributed by atoms with E-state index in [1.54, 1.807) is 0 Å². The zero-order chi connectivity index (χ0) is 16.3. The first-order valence-electron chi connectivity index (χ1n) is 6.74. The molecule has 0 radical (unpaired) electrons. The van der Waals surface area contributed by atoms with E-state index in [4.69, 9.17) is 0 Å². The summed E-state index contributed by atoms with van der Waals surface area (Å²) in [5.74, 6) is -0.835. The van der Waals surface area contributed by atoms with Crippen LogP contribution in [0.2, 0.25) is 0 Å². The van der Waals surface area contributed by atoms with Gasteiger partial charge in [-0.3, -0.25) is 9.59 Å². The van der Waals surface area contributed by atoms with Crippen LogP contribution in [0.15, 0.2) is 18.2 Å². The second-order valence-corrected chi connectivity index (χ2v) is 6.23. The number of hydrogen-bond acceptors (Lipinski definition) is 5. The molecule has 1 aromatic carbocycles. The van der Waals surface area contributed by atoms with Gasteiger partial charge in [0, 0.05) is 25.6 Å². The van der Waals surface area contributed by atoms with Crippen LogP contribution in [0.4, 0.5) is 10.1 Å². The lowest BCUT2D eigenvalue weighted by Gasteiger charge is -2.19. The summed E-state index contributed by atoms with van der Waals surface area (Å²) in [6.07, 6.45) is 0.304. The number of carbonyl (C=O) groups excluding carboxylic acids is 3. The Hall–Kier alpha value is -1.89. The monoisotopic (exact) mass is 325 g/mol. The van der Waals surface area contributed by atoms with Gasteiger partial charge in [0.05, 0.1) is 18.4 Å². The van der Waals surface area contributed by atoms with E-state index in [-0.39, 0.29) is 22.5 Å². The van der Waals surface area contributed by atoms with E-state index in [0.717, 1.165) is 6.07 Å². The molecule has 22 heavy (non-hydrogen) atoms. The second-order valence-electron chi connectivity index (χ2n) is 5.03. The van der Waals surface area contributed by atoms with E-state index in [9.17, 15) is 18.8 Å². The van der Waals surface area contributed by atoms with Gasteiger partial charge < -0.3 is 9.64 Å². The molecule has 1 aliphatic heterocycles. The first-order chi connectivity index (χ1) is 10.4. The molecule has 5 nitrogen and oxygen atoms in total. The number of esters is 1. The quantitative estimate of drug-likeness (QED) is 0.795. The summed E-state index contributed by atoms with van der Waals surface area (Å²) in [6, 6.07) is 3.67. The average Bonchev–Trinajstić information content (AvgIpc) is 2.85. The van der Waals surface area contributed by atoms with Gasteiger partial charge in [-0.15, -0.1) is 0 Å². The third-order valence-electron chi connectivity index (χ3n) is 3.38. The molecule has 118 valence electrons. The molecule has 2 rings (SSSR count). The lowest BCUT2D eigenvalue weighted by molar-refractivity contribution is -0.117. The zero-order valence-electron chi connectivity index (χ0n) is 12.3. The molecular formula is C15H16FNO4S. The Bertz CT molecular complexity index is 620. The summed E-state index contributed by atoms with van der Waals surface area (Å²) >= 11 is 1.18. The molecular weight excluding hydrogens is 309 g/mol. The normalized spacial score (nSPS) is 17.7. The standard InChI is InChI=1S/C15H16FNO4S/c1-9(18)22-8-10-5-14(19)17(7-10)13-4-3-11(16)6-12(13)15(20)21-2/h3-4,6,10H,5,7-8H2,1-2H3. The smallest absolute Gasteiger partial charge is 0.340 e. The van der Waals surface area contributed by atoms with E-state index < -0.39 is 11.8 Å². The van der Waals surface area contributed by atoms with Crippen molar-refractivity contribution in [1.82, 2.24) is 0 Å². The van der Waals surface area contributed by atoms with Crippen LogP contribution in [-0.4, -0.2) is 36.4 Å². The molecule has 0 saturated carbocycles. The van der Waals surface area contributed by atoms with Gasteiger partial charge in [0.2, 0.25) is 5.91 Å². The van der Waals surface area contributed by atoms with Gasteiger partial charge in [-0.1, -0.05) is 11.8 Å². The Morgan fingerprint density at radius 2 is 2.18 bits per heavy atom. The summed E-state index contributed by atoms with van der Waals surface area (Å²) < 4.78 is 18.0. The van der Waals surface area contributed by atoms with Crippen LogP contribution in [0.25, 0.3) is 0 Å². The molecule has 0 bridgehead atoms. The van der Waals surface area contributed by atoms with Crippen LogP contribution in [0.3, 0.4) is 0 Å². The molecule has 0 aromatic heterocycles. The minimum atomic E-state index is -0.691. The maximum atomic E-state index is 13.4. The van der Waals surface area contributed by atoms with Crippen molar-refractivity contribution in [3.05, 3.63) is 29.6 Å². The number of carbonyl (C=O) groups is 3. The Kier molecular flexibility index (Phi) is 5.18. The van der Waals surface area contributed by atoms with Gasteiger partial charge in [-0.05, 0) is 24.1 Å². The number of methoxy groups -OCH3 is 1. The van der Waals surface area contributed by atoms with E-state index in [1.807, 2.05) is 0 Å². The molecule has 1 atom stereocenters. The van der Waals surface area contributed by atoms with Crippen molar-refractivity contribution in [2.24, 2.45) is 5.92 Å². The van der Waals surface area contributed by atoms with Crippen molar-refractivity contribution in [2.45, 2.75) is 13.3 Å². The van der Waals surface area contributed by atoms with Gasteiger partial charge in [-0.2, -0.15) is 0 Å². The largest absolute Gasteiger partial charge is 0.465 e. The number of rotatable bonds is 4. The molecule has 1 fully saturated rings. The Labute approximate surface area is 131 Å². The van der Waals surface area contributed by atoms with Crippen LogP contribution < -0.4 is 4.90 Å². The molecule has 0 spiro atoms. The van der Waals surface area contributed by atoms with Gasteiger partial charge in [0.25, 0.3) is 0 Å². The van der Waals surface area contributed by atoms with Gasteiger partial charge in [-0.25, -0.2) is 9.18 Å². The maximum absolute atomic E-state index is 13.4. The Balaban J connectivity index is 2.23. The molecule has 7 heteroatoms. The third kappa shape index (κ3) is 3.65. The van der Waals surface area contributed by atoms with Crippen molar-refractivity contribution in [2.75, 3.05) is 24.3 Å². The van der Waals surface area contributed by atoms with E-state index in [0.29, 0.717) is 24.4 Å². The van der Waals surface area contributed by atoms with E-state index in [2.05, 4.69) is 4.74 Å². The number of ether oxygens (including phenoxy) is 1. The summed E-state index contributed by atoms with van der Waals surface area (Å²) in [6.45, 7) is 1.88. The van der Waals surface area contributed by atoms with Gasteiger partial charge >= 0.3 is 5.97 Å². The predicted molar refractivity (Wildman–Crippen MR) is 81.3 cm³/mol. The number of hydrogen-bond donors (Lipinski definition) is 0. The molecule has 1 aromatic rings. The summed E-state index contributed by atoms with van der Waals surface area (Å²) in [7, 11) is 1.20. The highest BCUT2D eigenvalue weighted by Crippen LogP contribution is 2.30. The van der Waals surface area contributed by atoms with Gasteiger partial charge in [0.1, 0.15) is 5.82 Å². The molecule has 0 aliphatic carbocycles. The second kappa shape index (κ2) is 6.91. The molecule has 1 amide bonds. The fourth-order valence-corrected chi connectivity index (χ4v) is 3.07. The van der Waals surface area contributed by atoms with Crippen molar-refractivity contribution in [1.29, 1.82) is 0 Å². The zero-order valence-corrected chi connectivity index (χ0v) is 13.1. The number of thioether (sulfide) groups is 1. The fourth-order valence-electron chi connectivity index (χ4n) is 2.38. The van der Waals surface area contributed by atoms with Crippen molar-refractivity contribution in [3.8, 4) is 0 Å². The molecule has 0 N–H and O–H groups in total. The number of halogens is 1. The van der Waals surface area contributed by atoms with Crippen LogP contribution in [0, 0.1) is 11.7 Å². The SMILES string of the molecule is COC(=O)c1cc(F)ccc1N1CC(CSC(C)=O)CC1=O. The predicted octanol–water partition coefficient (Wildman–Crippen LogP) is 2.24. The first kappa shape index (κ1) is 16.5. The fraction of sp³-hybridized carbons (Fsp3) is 0.400. The molecule has 1 saturated heterocycles. The molecule has 1 heterocycles. The summed E-state index contributed by atoms with van der Waals surface area (Å²) in [5, 5.41) is 0.00271. The lowest BCUT2D eigenvalue weighted by atomic mass is 10.1. The average molecular weight is 325 g/mol. The maximum Gasteiger partial charge on any atom is 0.340 e. The minimum absolute atomic E-state index is 0.00271. The lowest BCUT2D eigenvalue weighted by Crippen LogP contribution is -2.27. The highest BCUT2D eigenvalue weighted by molar-refractivity contribution is 8.13. The first-order valence-corrected chi connectivity index (χ1v) is 7.72. The topological polar surface area (TPSA) is 63.7 Å². The van der Waals surface area contributed by atoms with E-state index >= 15 is 0 Å². The minimum Gasteiger partial charge on any atom is -0.465 e. The Morgan fingerprint density at radius 3 is 2.82 bits per heavy atom. The van der Waals surface area contributed by atoms with Crippen LogP contribution >= 0.6 is 11.8 Å². The van der Waals surface area contributed by atoms with Crippen molar-refractivity contribution in [3.63, 3.8) is 0 Å². The molecule has 1 aliphatic rings. The molecule has 1 unspecified atom stereocenters. The summed E-state index contributed by atoms with van der Waals surface area (Å²) in [5.41, 5.74) is 0.365. The highest BCUT2D eigenvalue weighted by Gasteiger charge is 2.33. The highest BCUT2D eigenvalue weighted by atomic mass is 32.2. The number of benzene rings is 1. The third-order valence-corrected chi connectivity index (χ3v) is 4.43. The number of anilines is 1. The Morgan fingerprint density at radius 1 is 1.45 bits per heavy atom. The van der Waals surface area contributed by atoms with E-state index in [1.165, 1.54) is 42.8 Å². The number of amides is 1.